The van der Waals surface area contributed by atoms with Gasteiger partial charge in [-0.1, -0.05) is 54.2 Å². The average molecular weight is 313 g/mol. The van der Waals surface area contributed by atoms with Gasteiger partial charge in [0.25, 0.3) is 0 Å². The first-order chi connectivity index (χ1) is 8.81. The van der Waals surface area contributed by atoms with Crippen molar-refractivity contribution in [2.24, 2.45) is 0 Å². The lowest BCUT2D eigenvalue weighted by molar-refractivity contribution is -0.0912. The largest absolute Gasteiger partial charge is 0.376 e. The summed E-state index contributed by atoms with van der Waals surface area (Å²) in [6.07, 6.45) is 5.45. The summed E-state index contributed by atoms with van der Waals surface area (Å²) in [4.78, 5) is 0. The van der Waals surface area contributed by atoms with E-state index in [-0.39, 0.29) is 0 Å². The number of unbranched alkanes of at least 4 members (excludes halogenated alkanes) is 2. The van der Waals surface area contributed by atoms with Crippen LogP contribution >= 0.6 is 15.9 Å². The van der Waals surface area contributed by atoms with Gasteiger partial charge in [0.1, 0.15) is 0 Å². The van der Waals surface area contributed by atoms with Gasteiger partial charge in [-0.25, -0.2) is 0 Å². The molecule has 0 N–H and O–H groups in total. The first-order valence-corrected chi connectivity index (χ1v) is 7.60. The summed E-state index contributed by atoms with van der Waals surface area (Å²) in [5.74, 6) is 0. The summed E-state index contributed by atoms with van der Waals surface area (Å²) in [6.45, 7) is 4.60. The van der Waals surface area contributed by atoms with Gasteiger partial charge in [0.05, 0.1) is 25.9 Å². The zero-order chi connectivity index (χ0) is 12.8. The number of ether oxygens (including phenoxy) is 2. The highest BCUT2D eigenvalue weighted by molar-refractivity contribution is 9.10. The quantitative estimate of drug-likeness (QED) is 0.793. The lowest BCUT2D eigenvalue weighted by Crippen LogP contribution is -2.28. The summed E-state index contributed by atoms with van der Waals surface area (Å²) in [5, 5.41) is 2.78. The minimum absolute atomic E-state index is 0.385. The first kappa shape index (κ1) is 14.0. The maximum atomic E-state index is 5.50. The van der Waals surface area contributed by atoms with Crippen LogP contribution in [0.15, 0.2) is 22.7 Å². The monoisotopic (exact) mass is 312 g/mol. The third-order valence-corrected chi connectivity index (χ3v) is 3.95. The number of rotatable bonds is 4. The van der Waals surface area contributed by atoms with Crippen molar-refractivity contribution in [3.05, 3.63) is 33.1 Å². The van der Waals surface area contributed by atoms with E-state index in [1.54, 1.807) is 0 Å². The van der Waals surface area contributed by atoms with Gasteiger partial charge < -0.3 is 9.47 Å². The van der Waals surface area contributed by atoms with Gasteiger partial charge in [0, 0.05) is 4.47 Å². The van der Waals surface area contributed by atoms with E-state index in [9.17, 15) is 0 Å². The second-order valence-corrected chi connectivity index (χ2v) is 5.61. The lowest BCUT2D eigenvalue weighted by Gasteiger charge is -2.22. The molecule has 3 aliphatic rings. The lowest BCUT2D eigenvalue weighted by atomic mass is 10.1. The predicted molar refractivity (Wildman–Crippen MR) is 76.5 cm³/mol. The molecule has 1 heterocycles. The fourth-order valence-electron chi connectivity index (χ4n) is 2.07. The van der Waals surface area contributed by atoms with Gasteiger partial charge in [-0.05, 0) is 22.9 Å². The molecule has 1 saturated heterocycles. The number of hydrogen-bond donors (Lipinski definition) is 0. The second kappa shape index (κ2) is 7.27. The van der Waals surface area contributed by atoms with Crippen LogP contribution in [0.5, 0.6) is 0 Å². The third-order valence-electron chi connectivity index (χ3n) is 3.29. The Morgan fingerprint density at radius 2 is 2.17 bits per heavy atom. The van der Waals surface area contributed by atoms with Crippen LogP contribution in [0.1, 0.15) is 32.6 Å². The van der Waals surface area contributed by atoms with E-state index in [4.69, 9.17) is 9.47 Å². The molecular weight excluding hydrogens is 292 g/mol. The van der Waals surface area contributed by atoms with Crippen LogP contribution in [-0.2, 0) is 9.47 Å². The van der Waals surface area contributed by atoms with Crippen LogP contribution < -0.4 is 0 Å². The molecule has 0 bridgehead atoms. The van der Waals surface area contributed by atoms with Gasteiger partial charge in [0.2, 0.25) is 0 Å². The summed E-state index contributed by atoms with van der Waals surface area (Å²) < 4.78 is 12.0. The van der Waals surface area contributed by atoms with Crippen LogP contribution in [0.2, 0.25) is 0 Å². The van der Waals surface area contributed by atoms with Crippen molar-refractivity contribution >= 4 is 15.9 Å². The molecule has 2 aliphatic carbocycles. The topological polar surface area (TPSA) is 18.5 Å². The van der Waals surface area contributed by atoms with Crippen LogP contribution in [0.3, 0.4) is 0 Å². The molecule has 1 fully saturated rings. The Morgan fingerprint density at radius 1 is 1.28 bits per heavy atom. The summed E-state index contributed by atoms with van der Waals surface area (Å²) in [7, 11) is 0. The van der Waals surface area contributed by atoms with Crippen LogP contribution in [0.25, 0.3) is 0 Å². The van der Waals surface area contributed by atoms with Gasteiger partial charge in [-0.15, -0.1) is 0 Å². The van der Waals surface area contributed by atoms with Crippen molar-refractivity contribution in [2.75, 3.05) is 19.8 Å². The highest BCUT2D eigenvalue weighted by Gasteiger charge is 2.12. The van der Waals surface area contributed by atoms with Crippen molar-refractivity contribution < 1.29 is 9.47 Å². The van der Waals surface area contributed by atoms with Crippen molar-refractivity contribution in [1.29, 1.82) is 0 Å². The van der Waals surface area contributed by atoms with E-state index < -0.39 is 0 Å². The predicted octanol–water partition coefficient (Wildman–Crippen LogP) is 4.03. The van der Waals surface area contributed by atoms with E-state index in [0.717, 1.165) is 19.8 Å². The van der Waals surface area contributed by atoms with E-state index in [0.29, 0.717) is 6.10 Å². The molecule has 18 heavy (non-hydrogen) atoms. The average Bonchev–Trinajstić information content (AvgIpc) is 2.38. The molecule has 1 atom stereocenters. The molecular formula is C15H21BrO2. The van der Waals surface area contributed by atoms with Crippen molar-refractivity contribution in [3.63, 3.8) is 0 Å². The van der Waals surface area contributed by atoms with E-state index in [2.05, 4.69) is 41.1 Å². The Morgan fingerprint density at radius 3 is 2.56 bits per heavy atom. The normalized spacial score (nSPS) is 20.0. The molecule has 0 aromatic heterocycles. The smallest absolute Gasteiger partial charge is 0.0809 e. The number of hydrogen-bond acceptors (Lipinski definition) is 2. The molecule has 0 aromatic carbocycles. The Labute approximate surface area is 117 Å². The second-order valence-electron chi connectivity index (χ2n) is 4.76. The molecule has 1 unspecified atom stereocenters. The molecule has 1 aliphatic heterocycles. The Hall–Kier alpha value is -0.380. The highest BCUT2D eigenvalue weighted by atomic mass is 79.9. The SMILES string of the molecule is Brc1cc2ccc1=2.CCCCCC1COCCO1. The standard InChI is InChI=1S/C9H18O2.C6H3Br/c1-2-3-4-5-9-8-10-6-7-11-9;7-6-3-4-1-2-5(4)6/h9H,2-8H2,1H3;1-3H. The molecule has 0 aromatic rings. The Bertz CT molecular complexity index is 452. The zero-order valence-corrected chi connectivity index (χ0v) is 12.5. The van der Waals surface area contributed by atoms with Gasteiger partial charge in [-0.3, -0.25) is 0 Å². The summed E-state index contributed by atoms with van der Waals surface area (Å²) in [5.41, 5.74) is 0. The Kier molecular flexibility index (Phi) is 5.67. The molecule has 100 valence electrons. The molecule has 0 spiro atoms. The van der Waals surface area contributed by atoms with Crippen molar-refractivity contribution in [2.45, 2.75) is 38.7 Å². The fourth-order valence-corrected chi connectivity index (χ4v) is 2.68. The van der Waals surface area contributed by atoms with Crippen LogP contribution in [0.4, 0.5) is 0 Å². The molecule has 3 rings (SSSR count). The minimum Gasteiger partial charge on any atom is -0.376 e. The van der Waals surface area contributed by atoms with Crippen molar-refractivity contribution in [3.8, 4) is 0 Å². The first-order valence-electron chi connectivity index (χ1n) is 6.80. The van der Waals surface area contributed by atoms with Crippen LogP contribution in [-0.4, -0.2) is 25.9 Å². The third kappa shape index (κ3) is 3.81. The Balaban J connectivity index is 0.000000146. The molecule has 0 amide bonds. The summed E-state index contributed by atoms with van der Waals surface area (Å²) >= 11 is 3.37. The minimum atomic E-state index is 0.385. The molecule has 3 heteroatoms. The van der Waals surface area contributed by atoms with Gasteiger partial charge >= 0.3 is 0 Å². The van der Waals surface area contributed by atoms with E-state index >= 15 is 0 Å². The molecule has 2 nitrogen and oxygen atoms in total. The number of benzene rings is 1. The highest BCUT2D eigenvalue weighted by Crippen LogP contribution is 2.20. The molecule has 0 saturated carbocycles. The molecule has 0 radical (unpaired) electrons. The zero-order valence-electron chi connectivity index (χ0n) is 11.0. The maximum Gasteiger partial charge on any atom is 0.0809 e. The number of halogens is 1. The van der Waals surface area contributed by atoms with Crippen molar-refractivity contribution in [1.82, 2.24) is 0 Å². The fraction of sp³-hybridized carbons (Fsp3) is 0.600. The van der Waals surface area contributed by atoms with E-state index in [1.807, 2.05) is 0 Å². The van der Waals surface area contributed by atoms with Gasteiger partial charge in [-0.2, -0.15) is 0 Å². The summed E-state index contributed by atoms with van der Waals surface area (Å²) in [6, 6.07) is 6.34. The van der Waals surface area contributed by atoms with E-state index in [1.165, 1.54) is 40.6 Å². The maximum absolute atomic E-state index is 5.50. The van der Waals surface area contributed by atoms with Crippen LogP contribution in [0, 0.1) is 10.4 Å². The van der Waals surface area contributed by atoms with Gasteiger partial charge in [0.15, 0.2) is 0 Å².